The van der Waals surface area contributed by atoms with Crippen LogP contribution in [0, 0.1) is 10.1 Å². The van der Waals surface area contributed by atoms with E-state index in [-0.39, 0.29) is 5.69 Å². The largest absolute Gasteiger partial charge is 0.497 e. The monoisotopic (exact) mass is 305 g/mol. The molecule has 0 saturated carbocycles. The van der Waals surface area contributed by atoms with Gasteiger partial charge in [0.1, 0.15) is 11.2 Å². The topological polar surface area (TPSA) is 72.6 Å². The number of aliphatic hydroxyl groups is 1. The molecule has 110 valence electrons. The fourth-order valence-electron chi connectivity index (χ4n) is 1.79. The van der Waals surface area contributed by atoms with Gasteiger partial charge in [-0.2, -0.15) is 0 Å². The van der Waals surface area contributed by atoms with Crippen LogP contribution in [0.15, 0.2) is 48.5 Å². The summed E-state index contributed by atoms with van der Waals surface area (Å²) in [5.41, 5.74) is 0.761. The summed E-state index contributed by atoms with van der Waals surface area (Å²) in [6.07, 6.45) is 0. The number of methoxy groups -OCH3 is 1. The maximum Gasteiger partial charge on any atom is 0.269 e. The maximum atomic E-state index is 10.7. The first-order valence-corrected chi connectivity index (χ1v) is 7.32. The van der Waals surface area contributed by atoms with Crippen LogP contribution in [0.2, 0.25) is 0 Å². The number of hydrogen-bond donors (Lipinski definition) is 1. The third-order valence-corrected chi connectivity index (χ3v) is 4.02. The van der Waals surface area contributed by atoms with Gasteiger partial charge in [-0.1, -0.05) is 24.3 Å². The highest BCUT2D eigenvalue weighted by atomic mass is 32.2. The molecule has 21 heavy (non-hydrogen) atoms. The quantitative estimate of drug-likeness (QED) is 0.502. The summed E-state index contributed by atoms with van der Waals surface area (Å²) in [4.78, 5) is 10.3. The summed E-state index contributed by atoms with van der Waals surface area (Å²) >= 11 is 1.31. The first kappa shape index (κ1) is 15.3. The van der Waals surface area contributed by atoms with Gasteiger partial charge in [0.15, 0.2) is 0 Å². The van der Waals surface area contributed by atoms with Crippen LogP contribution in [0.4, 0.5) is 5.69 Å². The van der Waals surface area contributed by atoms with Crippen molar-refractivity contribution in [1.29, 1.82) is 0 Å². The molecule has 0 heterocycles. The van der Waals surface area contributed by atoms with Crippen LogP contribution >= 0.6 is 11.8 Å². The zero-order valence-electron chi connectivity index (χ0n) is 11.4. The lowest BCUT2D eigenvalue weighted by Gasteiger charge is -2.10. The minimum Gasteiger partial charge on any atom is -0.497 e. The predicted molar refractivity (Wildman–Crippen MR) is 82.3 cm³/mol. The normalized spacial score (nSPS) is 11.9. The van der Waals surface area contributed by atoms with Crippen LogP contribution in [0.3, 0.4) is 0 Å². The van der Waals surface area contributed by atoms with Gasteiger partial charge in [-0.15, -0.1) is 11.8 Å². The van der Waals surface area contributed by atoms with E-state index in [9.17, 15) is 15.2 Å². The van der Waals surface area contributed by atoms with Gasteiger partial charge < -0.3 is 9.84 Å². The van der Waals surface area contributed by atoms with Gasteiger partial charge in [-0.25, -0.2) is 0 Å². The summed E-state index contributed by atoms with van der Waals surface area (Å²) in [5, 5.41) is 20.8. The number of nitro benzene ring substituents is 1. The van der Waals surface area contributed by atoms with Crippen LogP contribution in [0.25, 0.3) is 0 Å². The van der Waals surface area contributed by atoms with Crippen LogP contribution in [0.1, 0.15) is 16.6 Å². The average molecular weight is 305 g/mol. The summed E-state index contributed by atoms with van der Waals surface area (Å²) in [6.45, 7) is 0. The van der Waals surface area contributed by atoms with Gasteiger partial charge >= 0.3 is 0 Å². The Balaban J connectivity index is 1.99. The summed E-state index contributed by atoms with van der Waals surface area (Å²) in [6, 6.07) is 13.6. The van der Waals surface area contributed by atoms with Crippen molar-refractivity contribution in [2.75, 3.05) is 7.11 Å². The number of ether oxygens (including phenoxy) is 1. The van der Waals surface area contributed by atoms with Crippen molar-refractivity contribution in [1.82, 2.24) is 0 Å². The van der Waals surface area contributed by atoms with Gasteiger partial charge in [0.2, 0.25) is 0 Å². The molecule has 1 atom stereocenters. The van der Waals surface area contributed by atoms with Gasteiger partial charge in [0.05, 0.1) is 12.0 Å². The molecule has 5 nitrogen and oxygen atoms in total. The van der Waals surface area contributed by atoms with Crippen LogP contribution in [0.5, 0.6) is 5.75 Å². The molecule has 1 unspecified atom stereocenters. The molecule has 0 saturated heterocycles. The number of nitro groups is 1. The Morgan fingerprint density at radius 1 is 1.29 bits per heavy atom. The number of hydrogen-bond acceptors (Lipinski definition) is 5. The van der Waals surface area contributed by atoms with Crippen molar-refractivity contribution in [3.05, 3.63) is 69.8 Å². The van der Waals surface area contributed by atoms with Gasteiger partial charge in [0, 0.05) is 17.9 Å². The third kappa shape index (κ3) is 4.21. The van der Waals surface area contributed by atoms with E-state index in [0.29, 0.717) is 11.3 Å². The molecule has 0 bridgehead atoms. The predicted octanol–water partition coefficient (Wildman–Crippen LogP) is 3.53. The summed E-state index contributed by atoms with van der Waals surface area (Å²) in [7, 11) is 1.61. The van der Waals surface area contributed by atoms with E-state index in [0.717, 1.165) is 11.3 Å². The molecule has 2 aromatic rings. The average Bonchev–Trinajstić information content (AvgIpc) is 2.53. The molecule has 0 fully saturated rings. The van der Waals surface area contributed by atoms with E-state index < -0.39 is 10.4 Å². The van der Waals surface area contributed by atoms with E-state index in [4.69, 9.17) is 4.74 Å². The van der Waals surface area contributed by atoms with Crippen molar-refractivity contribution in [3.8, 4) is 5.75 Å². The van der Waals surface area contributed by atoms with Crippen molar-refractivity contribution >= 4 is 17.4 Å². The van der Waals surface area contributed by atoms with E-state index in [1.165, 1.54) is 23.9 Å². The lowest BCUT2D eigenvalue weighted by atomic mass is 10.2. The summed E-state index contributed by atoms with van der Waals surface area (Å²) < 4.78 is 5.08. The second kappa shape index (κ2) is 7.10. The van der Waals surface area contributed by atoms with Crippen molar-refractivity contribution in [2.24, 2.45) is 0 Å². The van der Waals surface area contributed by atoms with E-state index in [1.54, 1.807) is 19.2 Å². The summed E-state index contributed by atoms with van der Waals surface area (Å²) in [5.74, 6) is 1.39. The lowest BCUT2D eigenvalue weighted by Crippen LogP contribution is -1.95. The molecule has 0 aromatic heterocycles. The number of nitrogens with zero attached hydrogens (tertiary/aromatic N) is 1. The second-order valence-corrected chi connectivity index (χ2v) is 5.43. The van der Waals surface area contributed by atoms with Gasteiger partial charge in [-0.3, -0.25) is 10.1 Å². The first-order chi connectivity index (χ1) is 10.1. The lowest BCUT2D eigenvalue weighted by molar-refractivity contribution is -0.384. The molecule has 2 rings (SSSR count). The van der Waals surface area contributed by atoms with E-state index in [2.05, 4.69) is 0 Å². The van der Waals surface area contributed by atoms with Crippen molar-refractivity contribution in [2.45, 2.75) is 11.2 Å². The van der Waals surface area contributed by atoms with E-state index >= 15 is 0 Å². The third-order valence-electron chi connectivity index (χ3n) is 2.93. The molecular formula is C15H15NO4S. The van der Waals surface area contributed by atoms with Crippen LogP contribution < -0.4 is 4.74 Å². The number of thioether (sulfide) groups is 1. The Kier molecular flexibility index (Phi) is 5.19. The van der Waals surface area contributed by atoms with Crippen LogP contribution in [-0.4, -0.2) is 17.1 Å². The molecule has 0 aliphatic rings. The van der Waals surface area contributed by atoms with Crippen molar-refractivity contribution in [3.63, 3.8) is 0 Å². The Hall–Kier alpha value is -2.05. The Bertz CT molecular complexity index is 615. The molecule has 1 N–H and O–H groups in total. The minimum atomic E-state index is -0.799. The fourth-order valence-corrected chi connectivity index (χ4v) is 2.67. The molecule has 0 amide bonds. The number of non-ortho nitro benzene ring substituents is 1. The molecular weight excluding hydrogens is 290 g/mol. The maximum absolute atomic E-state index is 10.7. The number of benzene rings is 2. The van der Waals surface area contributed by atoms with Gasteiger partial charge in [0.25, 0.3) is 5.69 Å². The molecule has 6 heteroatoms. The number of rotatable bonds is 6. The Morgan fingerprint density at radius 2 is 2.00 bits per heavy atom. The van der Waals surface area contributed by atoms with E-state index in [1.807, 2.05) is 24.3 Å². The zero-order valence-corrected chi connectivity index (χ0v) is 12.2. The minimum absolute atomic E-state index is 0.0170. The van der Waals surface area contributed by atoms with Crippen molar-refractivity contribution < 1.29 is 14.8 Å². The highest BCUT2D eigenvalue weighted by Gasteiger charge is 2.12. The second-order valence-electron chi connectivity index (χ2n) is 4.36. The molecule has 2 aromatic carbocycles. The standard InChI is InChI=1S/C15H15NO4S/c1-20-14-7-5-11(6-8-14)10-21-15(17)12-3-2-4-13(9-12)16(18)19/h2-9,15,17H,10H2,1H3. The first-order valence-electron chi connectivity index (χ1n) is 6.27. The van der Waals surface area contributed by atoms with Gasteiger partial charge in [-0.05, 0) is 23.3 Å². The molecule has 0 aliphatic carbocycles. The zero-order chi connectivity index (χ0) is 15.2. The Morgan fingerprint density at radius 3 is 2.62 bits per heavy atom. The highest BCUT2D eigenvalue weighted by Crippen LogP contribution is 2.31. The SMILES string of the molecule is COc1ccc(CSC(O)c2cccc([N+](=O)[O-])c2)cc1. The molecule has 0 spiro atoms. The smallest absolute Gasteiger partial charge is 0.269 e. The Labute approximate surface area is 126 Å². The molecule has 0 radical (unpaired) electrons. The van der Waals surface area contributed by atoms with Crippen LogP contribution in [-0.2, 0) is 5.75 Å². The number of aliphatic hydroxyl groups excluding tert-OH is 1. The fraction of sp³-hybridized carbons (Fsp3) is 0.200. The molecule has 0 aliphatic heterocycles. The highest BCUT2D eigenvalue weighted by molar-refractivity contribution is 7.98.